The van der Waals surface area contributed by atoms with Crippen LogP contribution in [0, 0.1) is 5.82 Å². The van der Waals surface area contributed by atoms with E-state index in [0.29, 0.717) is 23.0 Å². The van der Waals surface area contributed by atoms with Crippen molar-refractivity contribution in [3.63, 3.8) is 0 Å². The van der Waals surface area contributed by atoms with Gasteiger partial charge in [0.25, 0.3) is 0 Å². The highest BCUT2D eigenvalue weighted by Crippen LogP contribution is 2.19. The van der Waals surface area contributed by atoms with Crippen molar-refractivity contribution < 1.29 is 19.0 Å². The molecule has 2 aromatic carbocycles. The number of hydrogen-bond acceptors (Lipinski definition) is 3. The molecule has 0 aliphatic rings. The second-order valence-electron chi connectivity index (χ2n) is 4.23. The van der Waals surface area contributed by atoms with Gasteiger partial charge in [0.05, 0.1) is 11.3 Å². The van der Waals surface area contributed by atoms with Gasteiger partial charge in [-0.2, -0.15) is 0 Å². The lowest BCUT2D eigenvalue weighted by atomic mass is 10.2. The number of carboxylic acid groups (broad SMARTS) is 1. The summed E-state index contributed by atoms with van der Waals surface area (Å²) in [7, 11) is 0. The standard InChI is InChI=1S/C15H13ClFNO3/c16-11-4-5-13(17)14(9-11)18-6-7-21-12-3-1-2-10(8-12)15(19)20/h1-5,8-9,18H,6-7H2,(H,19,20). The third-order valence-electron chi connectivity index (χ3n) is 2.70. The van der Waals surface area contributed by atoms with E-state index in [9.17, 15) is 9.18 Å². The maximum atomic E-state index is 13.4. The van der Waals surface area contributed by atoms with Crippen LogP contribution in [0.3, 0.4) is 0 Å². The fraction of sp³-hybridized carbons (Fsp3) is 0.133. The Bertz CT molecular complexity index is 649. The molecule has 0 aliphatic carbocycles. The number of anilines is 1. The molecule has 6 heteroatoms. The van der Waals surface area contributed by atoms with E-state index in [1.807, 2.05) is 0 Å². The zero-order chi connectivity index (χ0) is 15.2. The molecule has 2 N–H and O–H groups in total. The highest BCUT2D eigenvalue weighted by molar-refractivity contribution is 6.30. The predicted molar refractivity (Wildman–Crippen MR) is 78.8 cm³/mol. The van der Waals surface area contributed by atoms with Gasteiger partial charge in [-0.3, -0.25) is 0 Å². The predicted octanol–water partition coefficient (Wildman–Crippen LogP) is 3.67. The Morgan fingerprint density at radius 1 is 1.29 bits per heavy atom. The molecule has 0 saturated carbocycles. The quantitative estimate of drug-likeness (QED) is 0.799. The summed E-state index contributed by atoms with van der Waals surface area (Å²) in [5.41, 5.74) is 0.451. The van der Waals surface area contributed by atoms with Crippen LogP contribution in [0.15, 0.2) is 42.5 Å². The van der Waals surface area contributed by atoms with Crippen molar-refractivity contribution >= 4 is 23.3 Å². The molecule has 0 aliphatic heterocycles. The van der Waals surface area contributed by atoms with Gasteiger partial charge in [0.1, 0.15) is 18.2 Å². The molecule has 0 atom stereocenters. The average Bonchev–Trinajstić information content (AvgIpc) is 2.47. The first-order valence-corrected chi connectivity index (χ1v) is 6.59. The summed E-state index contributed by atoms with van der Waals surface area (Å²) in [6.07, 6.45) is 0. The molecule has 0 heterocycles. The van der Waals surface area contributed by atoms with Crippen LogP contribution in [0.4, 0.5) is 10.1 Å². The molecule has 0 bridgehead atoms. The SMILES string of the molecule is O=C(O)c1cccc(OCCNc2cc(Cl)ccc2F)c1. The molecule has 0 spiro atoms. The van der Waals surface area contributed by atoms with Gasteiger partial charge in [-0.05, 0) is 36.4 Å². The van der Waals surface area contributed by atoms with Crippen molar-refractivity contribution in [2.75, 3.05) is 18.5 Å². The zero-order valence-electron chi connectivity index (χ0n) is 11.0. The van der Waals surface area contributed by atoms with Gasteiger partial charge in [-0.15, -0.1) is 0 Å². The Morgan fingerprint density at radius 3 is 2.86 bits per heavy atom. The lowest BCUT2D eigenvalue weighted by molar-refractivity contribution is 0.0696. The summed E-state index contributed by atoms with van der Waals surface area (Å²) in [5, 5.41) is 12.2. The number of halogens is 2. The minimum absolute atomic E-state index is 0.154. The smallest absolute Gasteiger partial charge is 0.335 e. The molecule has 2 aromatic rings. The van der Waals surface area contributed by atoms with E-state index in [1.54, 1.807) is 12.1 Å². The number of aromatic carboxylic acids is 1. The van der Waals surface area contributed by atoms with Crippen molar-refractivity contribution in [3.05, 3.63) is 58.9 Å². The molecule has 0 radical (unpaired) electrons. The number of benzene rings is 2. The van der Waals surface area contributed by atoms with Crippen molar-refractivity contribution in [1.82, 2.24) is 0 Å². The molecule has 0 aromatic heterocycles. The fourth-order valence-corrected chi connectivity index (χ4v) is 1.88. The summed E-state index contributed by atoms with van der Waals surface area (Å²) in [6, 6.07) is 10.4. The van der Waals surface area contributed by atoms with Gasteiger partial charge >= 0.3 is 5.97 Å². The lowest BCUT2D eigenvalue weighted by Gasteiger charge is -2.10. The van der Waals surface area contributed by atoms with E-state index in [1.165, 1.54) is 30.3 Å². The normalized spacial score (nSPS) is 10.2. The summed E-state index contributed by atoms with van der Waals surface area (Å²) in [6.45, 7) is 0.615. The van der Waals surface area contributed by atoms with Crippen LogP contribution in [-0.4, -0.2) is 24.2 Å². The second-order valence-corrected chi connectivity index (χ2v) is 4.67. The van der Waals surface area contributed by atoms with Gasteiger partial charge < -0.3 is 15.2 Å². The van der Waals surface area contributed by atoms with Crippen LogP contribution in [0.1, 0.15) is 10.4 Å². The van der Waals surface area contributed by atoms with Gasteiger partial charge in [0.15, 0.2) is 0 Å². The maximum absolute atomic E-state index is 13.4. The third-order valence-corrected chi connectivity index (χ3v) is 2.93. The second kappa shape index (κ2) is 6.95. The first-order chi connectivity index (χ1) is 10.1. The summed E-state index contributed by atoms with van der Waals surface area (Å²) >= 11 is 5.78. The minimum atomic E-state index is -1.01. The zero-order valence-corrected chi connectivity index (χ0v) is 11.7. The average molecular weight is 310 g/mol. The van der Waals surface area contributed by atoms with Crippen LogP contribution in [0.2, 0.25) is 5.02 Å². The highest BCUT2D eigenvalue weighted by atomic mass is 35.5. The first kappa shape index (κ1) is 15.1. The van der Waals surface area contributed by atoms with Crippen molar-refractivity contribution in [2.24, 2.45) is 0 Å². The van der Waals surface area contributed by atoms with E-state index in [0.717, 1.165) is 0 Å². The maximum Gasteiger partial charge on any atom is 0.335 e. The van der Waals surface area contributed by atoms with Gasteiger partial charge in [0.2, 0.25) is 0 Å². The fourth-order valence-electron chi connectivity index (χ4n) is 1.71. The summed E-state index contributed by atoms with van der Waals surface area (Å²) in [4.78, 5) is 10.8. The van der Waals surface area contributed by atoms with Crippen molar-refractivity contribution in [2.45, 2.75) is 0 Å². The Labute approximate surface area is 126 Å². The van der Waals surface area contributed by atoms with E-state index >= 15 is 0 Å². The van der Waals surface area contributed by atoms with Crippen molar-refractivity contribution in [3.8, 4) is 5.75 Å². The largest absolute Gasteiger partial charge is 0.492 e. The number of nitrogens with one attached hydrogen (secondary N) is 1. The van der Waals surface area contributed by atoms with Crippen LogP contribution in [0.5, 0.6) is 5.75 Å². The Balaban J connectivity index is 1.86. The van der Waals surface area contributed by atoms with E-state index < -0.39 is 11.8 Å². The number of hydrogen-bond donors (Lipinski definition) is 2. The summed E-state index contributed by atoms with van der Waals surface area (Å²) in [5.74, 6) is -0.963. The lowest BCUT2D eigenvalue weighted by Crippen LogP contribution is -2.12. The molecule has 0 saturated heterocycles. The Morgan fingerprint density at radius 2 is 2.10 bits per heavy atom. The van der Waals surface area contributed by atoms with E-state index in [-0.39, 0.29) is 12.2 Å². The molecule has 0 unspecified atom stereocenters. The number of carboxylic acids is 1. The van der Waals surface area contributed by atoms with E-state index in [2.05, 4.69) is 5.32 Å². The molecular formula is C15H13ClFNO3. The van der Waals surface area contributed by atoms with Crippen LogP contribution in [0.25, 0.3) is 0 Å². The van der Waals surface area contributed by atoms with Gasteiger partial charge in [-0.1, -0.05) is 17.7 Å². The Hall–Kier alpha value is -2.27. The highest BCUT2D eigenvalue weighted by Gasteiger charge is 2.04. The monoisotopic (exact) mass is 309 g/mol. The van der Waals surface area contributed by atoms with E-state index in [4.69, 9.17) is 21.4 Å². The van der Waals surface area contributed by atoms with Crippen LogP contribution >= 0.6 is 11.6 Å². The summed E-state index contributed by atoms with van der Waals surface area (Å²) < 4.78 is 18.8. The van der Waals surface area contributed by atoms with Gasteiger partial charge in [0, 0.05) is 11.6 Å². The number of rotatable bonds is 6. The van der Waals surface area contributed by atoms with Crippen molar-refractivity contribution in [1.29, 1.82) is 0 Å². The molecule has 0 amide bonds. The number of carbonyl (C=O) groups is 1. The molecule has 21 heavy (non-hydrogen) atoms. The third kappa shape index (κ3) is 4.36. The van der Waals surface area contributed by atoms with Crippen LogP contribution in [-0.2, 0) is 0 Å². The van der Waals surface area contributed by atoms with Gasteiger partial charge in [-0.25, -0.2) is 9.18 Å². The Kier molecular flexibility index (Phi) is 5.00. The molecule has 4 nitrogen and oxygen atoms in total. The molecule has 0 fully saturated rings. The number of ether oxygens (including phenoxy) is 1. The molecule has 110 valence electrons. The minimum Gasteiger partial charge on any atom is -0.492 e. The van der Waals surface area contributed by atoms with Crippen LogP contribution < -0.4 is 10.1 Å². The molecule has 2 rings (SSSR count). The first-order valence-electron chi connectivity index (χ1n) is 6.21. The topological polar surface area (TPSA) is 58.6 Å². The molecular weight excluding hydrogens is 297 g/mol.